The summed E-state index contributed by atoms with van der Waals surface area (Å²) < 4.78 is 2.11. The maximum absolute atomic E-state index is 12.0. The van der Waals surface area contributed by atoms with Gasteiger partial charge in [-0.25, -0.2) is 4.98 Å². The summed E-state index contributed by atoms with van der Waals surface area (Å²) in [5.41, 5.74) is 2.06. The highest BCUT2D eigenvalue weighted by Gasteiger charge is 2.19. The Morgan fingerprint density at radius 1 is 1.42 bits per heavy atom. The van der Waals surface area contributed by atoms with Crippen molar-refractivity contribution in [2.45, 2.75) is 25.6 Å². The van der Waals surface area contributed by atoms with Gasteiger partial charge in [-0.15, -0.1) is 0 Å². The molecule has 2 aromatic rings. The number of anilines is 1. The highest BCUT2D eigenvalue weighted by Crippen LogP contribution is 2.31. The van der Waals surface area contributed by atoms with Crippen molar-refractivity contribution in [2.24, 2.45) is 5.92 Å². The van der Waals surface area contributed by atoms with Gasteiger partial charge in [0, 0.05) is 4.47 Å². The minimum atomic E-state index is -0.201. The molecule has 102 valence electrons. The normalized spacial score (nSPS) is 12.9. The molecule has 6 heteroatoms. The molecule has 1 atom stereocenters. The number of nitrogens with one attached hydrogen (secondary N) is 1. The Morgan fingerprint density at radius 3 is 2.74 bits per heavy atom. The molecule has 19 heavy (non-hydrogen) atoms. The van der Waals surface area contributed by atoms with Crippen LogP contribution >= 0.6 is 43.2 Å². The summed E-state index contributed by atoms with van der Waals surface area (Å²) in [6.45, 7) is 6.03. The predicted molar refractivity (Wildman–Crippen MR) is 88.2 cm³/mol. The highest BCUT2D eigenvalue weighted by molar-refractivity contribution is 9.10. The number of hydrogen-bond acceptors (Lipinski definition) is 3. The van der Waals surface area contributed by atoms with E-state index in [0.29, 0.717) is 5.13 Å². The summed E-state index contributed by atoms with van der Waals surface area (Å²) in [7, 11) is 0. The minimum Gasteiger partial charge on any atom is -0.301 e. The van der Waals surface area contributed by atoms with Crippen LogP contribution in [0.2, 0.25) is 0 Å². The lowest BCUT2D eigenvalue weighted by atomic mass is 10.1. The van der Waals surface area contributed by atoms with Crippen molar-refractivity contribution in [1.29, 1.82) is 0 Å². The van der Waals surface area contributed by atoms with Crippen molar-refractivity contribution >= 4 is 64.5 Å². The molecule has 1 aromatic heterocycles. The van der Waals surface area contributed by atoms with Crippen LogP contribution in [0.4, 0.5) is 5.13 Å². The van der Waals surface area contributed by atoms with Crippen LogP contribution in [0.5, 0.6) is 0 Å². The van der Waals surface area contributed by atoms with Gasteiger partial charge < -0.3 is 5.32 Å². The molecular formula is C13H14Br2N2OS. The van der Waals surface area contributed by atoms with E-state index in [-0.39, 0.29) is 16.7 Å². The Bertz CT molecular complexity index is 585. The molecule has 0 aliphatic rings. The van der Waals surface area contributed by atoms with Crippen molar-refractivity contribution in [3.05, 3.63) is 22.2 Å². The van der Waals surface area contributed by atoms with Gasteiger partial charge in [-0.1, -0.05) is 57.0 Å². The summed E-state index contributed by atoms with van der Waals surface area (Å²) in [6, 6.07) is 4.05. The third-order valence-electron chi connectivity index (χ3n) is 2.73. The number of rotatable bonds is 3. The van der Waals surface area contributed by atoms with Crippen LogP contribution in [-0.2, 0) is 4.79 Å². The van der Waals surface area contributed by atoms with E-state index in [1.165, 1.54) is 11.3 Å². The average Bonchev–Trinajstić information content (AvgIpc) is 2.69. The smallest absolute Gasteiger partial charge is 0.240 e. The summed E-state index contributed by atoms with van der Waals surface area (Å²) in [5.74, 6) is 0.190. The molecule has 0 spiro atoms. The zero-order chi connectivity index (χ0) is 14.2. The lowest BCUT2D eigenvalue weighted by molar-refractivity contribution is -0.116. The van der Waals surface area contributed by atoms with Gasteiger partial charge in [0.1, 0.15) is 0 Å². The second-order valence-corrected chi connectivity index (χ2v) is 7.59. The Balaban J connectivity index is 2.25. The number of fused-ring (bicyclic) bond motifs is 1. The number of hydrogen-bond donors (Lipinski definition) is 1. The molecule has 0 aliphatic carbocycles. The monoisotopic (exact) mass is 404 g/mol. The van der Waals surface area contributed by atoms with Crippen LogP contribution in [0.15, 0.2) is 16.6 Å². The molecule has 0 saturated heterocycles. The minimum absolute atomic E-state index is 0.0511. The number of alkyl halides is 1. The van der Waals surface area contributed by atoms with Crippen molar-refractivity contribution in [3.63, 3.8) is 0 Å². The number of aromatic nitrogens is 1. The first kappa shape index (κ1) is 14.9. The number of halogens is 2. The first-order valence-electron chi connectivity index (χ1n) is 5.90. The van der Waals surface area contributed by atoms with Gasteiger partial charge in [0.25, 0.3) is 0 Å². The van der Waals surface area contributed by atoms with Crippen molar-refractivity contribution in [3.8, 4) is 0 Å². The highest BCUT2D eigenvalue weighted by atomic mass is 79.9. The quantitative estimate of drug-likeness (QED) is 0.750. The standard InChI is InChI=1S/C13H14Br2N2OS/c1-6(2)11(15)12(18)17-13-16-9-5-8(14)7(3)4-10(9)19-13/h4-6,11H,1-3H3,(H,16,17,18)/t11-/m1/s1. The molecule has 0 aliphatic heterocycles. The summed E-state index contributed by atoms with van der Waals surface area (Å²) in [6.07, 6.45) is 0. The Kier molecular flexibility index (Phi) is 4.63. The third-order valence-corrected chi connectivity index (χ3v) is 6.00. The fourth-order valence-corrected chi connectivity index (χ4v) is 2.98. The van der Waals surface area contributed by atoms with Crippen molar-refractivity contribution < 1.29 is 4.79 Å². The number of thiazole rings is 1. The molecule has 0 radical (unpaired) electrons. The second-order valence-electron chi connectivity index (χ2n) is 4.72. The van der Waals surface area contributed by atoms with Gasteiger partial charge in [-0.05, 0) is 30.5 Å². The number of carbonyl (C=O) groups excluding carboxylic acids is 1. The summed E-state index contributed by atoms with van der Waals surface area (Å²) in [4.78, 5) is 16.2. The predicted octanol–water partition coefficient (Wildman–Crippen LogP) is 4.73. The molecule has 0 unspecified atom stereocenters. The fourth-order valence-electron chi connectivity index (χ4n) is 1.58. The lowest BCUT2D eigenvalue weighted by Gasteiger charge is -2.11. The number of benzene rings is 1. The van der Waals surface area contributed by atoms with E-state index in [9.17, 15) is 4.79 Å². The van der Waals surface area contributed by atoms with E-state index in [1.807, 2.05) is 26.8 Å². The van der Waals surface area contributed by atoms with Crippen LogP contribution in [0.1, 0.15) is 19.4 Å². The molecule has 0 saturated carbocycles. The van der Waals surface area contributed by atoms with E-state index in [4.69, 9.17) is 0 Å². The maximum atomic E-state index is 12.0. The van der Waals surface area contributed by atoms with Gasteiger partial charge in [-0.3, -0.25) is 4.79 Å². The second kappa shape index (κ2) is 5.89. The lowest BCUT2D eigenvalue weighted by Crippen LogP contribution is -2.26. The Hall–Kier alpha value is -0.460. The number of amides is 1. The molecule has 1 heterocycles. The van der Waals surface area contributed by atoms with Gasteiger partial charge in [0.05, 0.1) is 15.0 Å². The number of carbonyl (C=O) groups is 1. The van der Waals surface area contributed by atoms with E-state index >= 15 is 0 Å². The first-order chi connectivity index (χ1) is 8.88. The molecule has 0 fully saturated rings. The zero-order valence-corrected chi connectivity index (χ0v) is 14.8. The van der Waals surface area contributed by atoms with Crippen LogP contribution in [0.3, 0.4) is 0 Å². The SMILES string of the molecule is Cc1cc2sc(NC(=O)[C@H](Br)C(C)C)nc2cc1Br. The van der Waals surface area contributed by atoms with Crippen molar-refractivity contribution in [1.82, 2.24) is 4.98 Å². The van der Waals surface area contributed by atoms with Crippen molar-refractivity contribution in [2.75, 3.05) is 5.32 Å². The Morgan fingerprint density at radius 2 is 2.11 bits per heavy atom. The Labute approximate surface area is 133 Å². The molecule has 2 rings (SSSR count). The van der Waals surface area contributed by atoms with Crippen LogP contribution in [-0.4, -0.2) is 15.7 Å². The molecule has 3 nitrogen and oxygen atoms in total. The topological polar surface area (TPSA) is 42.0 Å². The number of aryl methyl sites for hydroxylation is 1. The average molecular weight is 406 g/mol. The molecule has 1 aromatic carbocycles. The zero-order valence-electron chi connectivity index (χ0n) is 10.8. The van der Waals surface area contributed by atoms with Crippen LogP contribution < -0.4 is 5.32 Å². The third kappa shape index (κ3) is 3.35. The van der Waals surface area contributed by atoms with Gasteiger partial charge in [0.15, 0.2) is 5.13 Å². The first-order valence-corrected chi connectivity index (χ1v) is 8.42. The van der Waals surface area contributed by atoms with E-state index in [2.05, 4.69) is 48.2 Å². The number of nitrogens with zero attached hydrogens (tertiary/aromatic N) is 1. The summed E-state index contributed by atoms with van der Waals surface area (Å²) in [5, 5.41) is 3.50. The van der Waals surface area contributed by atoms with Gasteiger partial charge in [-0.2, -0.15) is 0 Å². The van der Waals surface area contributed by atoms with E-state index in [1.54, 1.807) is 0 Å². The molecular weight excluding hydrogens is 392 g/mol. The summed E-state index contributed by atoms with van der Waals surface area (Å²) >= 11 is 8.37. The van der Waals surface area contributed by atoms with E-state index in [0.717, 1.165) is 20.3 Å². The van der Waals surface area contributed by atoms with E-state index < -0.39 is 0 Å². The largest absolute Gasteiger partial charge is 0.301 e. The maximum Gasteiger partial charge on any atom is 0.240 e. The van der Waals surface area contributed by atoms with Gasteiger partial charge >= 0.3 is 0 Å². The van der Waals surface area contributed by atoms with Gasteiger partial charge in [0.2, 0.25) is 5.91 Å². The molecule has 0 bridgehead atoms. The van der Waals surface area contributed by atoms with Crippen LogP contribution in [0.25, 0.3) is 10.2 Å². The van der Waals surface area contributed by atoms with Crippen LogP contribution in [0, 0.1) is 12.8 Å². The molecule has 1 amide bonds. The molecule has 1 N–H and O–H groups in total. The fraction of sp³-hybridized carbons (Fsp3) is 0.385.